The first-order chi connectivity index (χ1) is 10.1. The lowest BCUT2D eigenvalue weighted by Crippen LogP contribution is -2.40. The minimum atomic E-state index is -1.05. The minimum Gasteiger partial charge on any atom is -0.495 e. The van der Waals surface area contributed by atoms with Gasteiger partial charge >= 0.3 is 12.0 Å². The van der Waals surface area contributed by atoms with Crippen molar-refractivity contribution in [2.75, 3.05) is 23.9 Å². The lowest BCUT2D eigenvalue weighted by molar-refractivity contribution is 0.0697. The maximum atomic E-state index is 12.0. The van der Waals surface area contributed by atoms with Crippen LogP contribution in [0.15, 0.2) is 18.2 Å². The number of hydrogen-bond donors (Lipinski definition) is 3. The number of ether oxygens (including phenoxy) is 1. The second-order valence-electron chi connectivity index (χ2n) is 4.71. The lowest BCUT2D eigenvalue weighted by atomic mass is 10.1. The molecule has 2 rings (SSSR count). The number of carboxylic acid groups (broad SMARTS) is 1. The van der Waals surface area contributed by atoms with Crippen molar-refractivity contribution in [2.24, 2.45) is 0 Å². The van der Waals surface area contributed by atoms with Crippen LogP contribution in [0.5, 0.6) is 5.75 Å². The number of anilines is 1. The predicted molar refractivity (Wildman–Crippen MR) is 82.5 cm³/mol. The van der Waals surface area contributed by atoms with Crippen LogP contribution in [0.25, 0.3) is 0 Å². The van der Waals surface area contributed by atoms with Crippen molar-refractivity contribution in [3.63, 3.8) is 0 Å². The molecule has 114 valence electrons. The molecule has 21 heavy (non-hydrogen) atoms. The quantitative estimate of drug-likeness (QED) is 0.795. The number of methoxy groups -OCH3 is 1. The molecule has 0 spiro atoms. The second-order valence-corrected chi connectivity index (χ2v) is 5.93. The Morgan fingerprint density at radius 3 is 2.67 bits per heavy atom. The average Bonchev–Trinajstić information content (AvgIpc) is 2.48. The fraction of sp³-hybridized carbons (Fsp3) is 0.429. The Morgan fingerprint density at radius 1 is 1.33 bits per heavy atom. The number of carbonyl (C=O) groups excluding carboxylic acids is 1. The number of aromatic carboxylic acids is 1. The van der Waals surface area contributed by atoms with Crippen molar-refractivity contribution >= 4 is 29.4 Å². The van der Waals surface area contributed by atoms with E-state index in [4.69, 9.17) is 9.84 Å². The highest BCUT2D eigenvalue weighted by Crippen LogP contribution is 2.25. The highest BCUT2D eigenvalue weighted by molar-refractivity contribution is 7.99. The minimum absolute atomic E-state index is 0.0974. The highest BCUT2D eigenvalue weighted by atomic mass is 32.2. The Labute approximate surface area is 127 Å². The number of hydrogen-bond acceptors (Lipinski definition) is 4. The molecule has 0 aliphatic carbocycles. The van der Waals surface area contributed by atoms with Gasteiger partial charge in [0, 0.05) is 6.04 Å². The van der Waals surface area contributed by atoms with Crippen molar-refractivity contribution in [2.45, 2.75) is 18.9 Å². The van der Waals surface area contributed by atoms with Gasteiger partial charge in [0.15, 0.2) is 0 Å². The first kappa shape index (κ1) is 15.5. The molecule has 1 saturated heterocycles. The van der Waals surface area contributed by atoms with E-state index in [0.717, 1.165) is 24.3 Å². The van der Waals surface area contributed by atoms with E-state index in [9.17, 15) is 9.59 Å². The molecule has 0 aromatic heterocycles. The topological polar surface area (TPSA) is 87.7 Å². The molecule has 2 amide bonds. The summed E-state index contributed by atoms with van der Waals surface area (Å²) < 4.78 is 5.13. The van der Waals surface area contributed by atoms with Crippen molar-refractivity contribution in [1.29, 1.82) is 0 Å². The summed E-state index contributed by atoms with van der Waals surface area (Å²) in [5.41, 5.74) is 0.445. The third-order valence-corrected chi connectivity index (χ3v) is 4.30. The molecular formula is C14H18N2O4S. The molecule has 3 N–H and O–H groups in total. The van der Waals surface area contributed by atoms with Crippen molar-refractivity contribution in [3.8, 4) is 5.75 Å². The number of benzene rings is 1. The molecule has 0 saturated carbocycles. The van der Waals surface area contributed by atoms with E-state index >= 15 is 0 Å². The molecule has 7 heteroatoms. The van der Waals surface area contributed by atoms with E-state index in [-0.39, 0.29) is 17.6 Å². The number of nitrogens with one attached hydrogen (secondary N) is 2. The van der Waals surface area contributed by atoms with Gasteiger partial charge in [-0.1, -0.05) is 0 Å². The van der Waals surface area contributed by atoms with E-state index < -0.39 is 5.97 Å². The Kier molecular flexibility index (Phi) is 5.32. The number of carbonyl (C=O) groups is 2. The zero-order valence-electron chi connectivity index (χ0n) is 11.7. The molecule has 0 bridgehead atoms. The molecule has 1 aromatic carbocycles. The second kappa shape index (κ2) is 7.21. The third-order valence-electron chi connectivity index (χ3n) is 3.25. The first-order valence-electron chi connectivity index (χ1n) is 6.66. The van der Waals surface area contributed by atoms with Crippen LogP contribution in [0, 0.1) is 0 Å². The number of carboxylic acids is 1. The molecule has 1 aliphatic heterocycles. The van der Waals surface area contributed by atoms with Crippen molar-refractivity contribution in [3.05, 3.63) is 23.8 Å². The SMILES string of the molecule is COc1ccc(C(=O)O)cc1NC(=O)NC1CCSCC1. The van der Waals surface area contributed by atoms with Crippen LogP contribution in [0.1, 0.15) is 23.2 Å². The van der Waals surface area contributed by atoms with Crippen molar-refractivity contribution < 1.29 is 19.4 Å². The smallest absolute Gasteiger partial charge is 0.335 e. The van der Waals surface area contributed by atoms with Crippen LogP contribution >= 0.6 is 11.8 Å². The average molecular weight is 310 g/mol. The van der Waals surface area contributed by atoms with Gasteiger partial charge in [0.25, 0.3) is 0 Å². The van der Waals surface area contributed by atoms with Gasteiger partial charge in [0.1, 0.15) is 5.75 Å². The van der Waals surface area contributed by atoms with E-state index in [1.807, 2.05) is 11.8 Å². The molecule has 0 unspecified atom stereocenters. The van der Waals surface area contributed by atoms with Crippen LogP contribution in [0.4, 0.5) is 10.5 Å². The van der Waals surface area contributed by atoms with Gasteiger partial charge < -0.3 is 20.5 Å². The summed E-state index contributed by atoms with van der Waals surface area (Å²) in [7, 11) is 1.47. The molecule has 0 radical (unpaired) electrons. The molecule has 0 atom stereocenters. The Morgan fingerprint density at radius 2 is 2.05 bits per heavy atom. The standard InChI is InChI=1S/C14H18N2O4S/c1-20-12-3-2-9(13(17)18)8-11(12)16-14(19)15-10-4-6-21-7-5-10/h2-3,8,10H,4-7H2,1H3,(H,17,18)(H2,15,16,19). The summed E-state index contributed by atoms with van der Waals surface area (Å²) in [6.45, 7) is 0. The molecule has 1 heterocycles. The molecule has 1 fully saturated rings. The normalized spacial score (nSPS) is 15.3. The predicted octanol–water partition coefficient (Wildman–Crippen LogP) is 2.41. The molecular weight excluding hydrogens is 292 g/mol. The summed E-state index contributed by atoms with van der Waals surface area (Å²) in [6.07, 6.45) is 1.90. The maximum absolute atomic E-state index is 12.0. The summed E-state index contributed by atoms with van der Waals surface area (Å²) in [5.74, 6) is 1.46. The zero-order valence-corrected chi connectivity index (χ0v) is 12.5. The van der Waals surface area contributed by atoms with Crippen LogP contribution in [0.2, 0.25) is 0 Å². The maximum Gasteiger partial charge on any atom is 0.335 e. The van der Waals surface area contributed by atoms with Gasteiger partial charge in [-0.15, -0.1) is 0 Å². The summed E-state index contributed by atoms with van der Waals surface area (Å²) in [4.78, 5) is 23.0. The fourth-order valence-electron chi connectivity index (χ4n) is 2.12. The monoisotopic (exact) mass is 310 g/mol. The van der Waals surface area contributed by atoms with E-state index in [1.165, 1.54) is 25.3 Å². The summed E-state index contributed by atoms with van der Waals surface area (Å²) in [6, 6.07) is 4.17. The van der Waals surface area contributed by atoms with Crippen LogP contribution in [-0.4, -0.2) is 41.8 Å². The van der Waals surface area contributed by atoms with Gasteiger partial charge in [-0.2, -0.15) is 11.8 Å². The van der Waals surface area contributed by atoms with Crippen LogP contribution in [-0.2, 0) is 0 Å². The Balaban J connectivity index is 2.04. The van der Waals surface area contributed by atoms with E-state index in [1.54, 1.807) is 0 Å². The van der Waals surface area contributed by atoms with Gasteiger partial charge in [-0.25, -0.2) is 9.59 Å². The largest absolute Gasteiger partial charge is 0.495 e. The molecule has 1 aromatic rings. The zero-order chi connectivity index (χ0) is 15.2. The molecule has 6 nitrogen and oxygen atoms in total. The Bertz CT molecular complexity index is 530. The summed E-state index contributed by atoms with van der Waals surface area (Å²) >= 11 is 1.88. The van der Waals surface area contributed by atoms with Gasteiger partial charge in [0.05, 0.1) is 18.4 Å². The number of thioether (sulfide) groups is 1. The first-order valence-corrected chi connectivity index (χ1v) is 7.82. The van der Waals surface area contributed by atoms with E-state index in [2.05, 4.69) is 10.6 Å². The lowest BCUT2D eigenvalue weighted by Gasteiger charge is -2.23. The van der Waals surface area contributed by atoms with Gasteiger partial charge in [0.2, 0.25) is 0 Å². The van der Waals surface area contributed by atoms with Crippen LogP contribution < -0.4 is 15.4 Å². The number of amides is 2. The van der Waals surface area contributed by atoms with Gasteiger partial charge in [-0.05, 0) is 42.5 Å². The van der Waals surface area contributed by atoms with Crippen LogP contribution in [0.3, 0.4) is 0 Å². The van der Waals surface area contributed by atoms with Gasteiger partial charge in [-0.3, -0.25) is 0 Å². The molecule has 1 aliphatic rings. The third kappa shape index (κ3) is 4.29. The summed E-state index contributed by atoms with van der Waals surface area (Å²) in [5, 5.41) is 14.6. The highest BCUT2D eigenvalue weighted by Gasteiger charge is 2.17. The number of urea groups is 1. The fourth-order valence-corrected chi connectivity index (χ4v) is 3.23. The van der Waals surface area contributed by atoms with Crippen molar-refractivity contribution in [1.82, 2.24) is 5.32 Å². The number of rotatable bonds is 4. The Hall–Kier alpha value is -1.89. The van der Waals surface area contributed by atoms with E-state index in [0.29, 0.717) is 11.4 Å².